The molecule has 68 valence electrons. The number of nitrogens with zero attached hydrogens (tertiary/aromatic N) is 1. The van der Waals surface area contributed by atoms with Gasteiger partial charge in [0, 0.05) is 18.0 Å². The van der Waals surface area contributed by atoms with Crippen molar-refractivity contribution in [2.75, 3.05) is 0 Å². The topological polar surface area (TPSA) is 47.5 Å². The Morgan fingerprint density at radius 3 is 2.86 bits per heavy atom. The van der Waals surface area contributed by atoms with Gasteiger partial charge in [0.05, 0.1) is 11.1 Å². The summed E-state index contributed by atoms with van der Waals surface area (Å²) in [6.07, 6.45) is 8.77. The Morgan fingerprint density at radius 1 is 1.43 bits per heavy atom. The Bertz CT molecular complexity index is 546. The highest BCUT2D eigenvalue weighted by molar-refractivity contribution is 5.93. The average Bonchev–Trinajstić information content (AvgIpc) is 2.59. The lowest BCUT2D eigenvalue weighted by molar-refractivity contribution is 0.1000. The van der Waals surface area contributed by atoms with E-state index in [4.69, 9.17) is 12.2 Å². The van der Waals surface area contributed by atoms with Crippen LogP contribution in [0.3, 0.4) is 0 Å². The molecular weight excluding hydrogens is 176 g/mol. The number of nitrogens with two attached hydrogens (primary N) is 1. The first-order valence-corrected chi connectivity index (χ1v) is 4.09. The summed E-state index contributed by atoms with van der Waals surface area (Å²) < 4.78 is 1.79. The Morgan fingerprint density at radius 2 is 2.21 bits per heavy atom. The van der Waals surface area contributed by atoms with Crippen LogP contribution in [0.25, 0.3) is 5.52 Å². The van der Waals surface area contributed by atoms with Gasteiger partial charge in [-0.25, -0.2) is 0 Å². The molecule has 0 saturated carbocycles. The first kappa shape index (κ1) is 8.39. The fourth-order valence-electron chi connectivity index (χ4n) is 1.38. The van der Waals surface area contributed by atoms with Gasteiger partial charge >= 0.3 is 0 Å². The van der Waals surface area contributed by atoms with Crippen LogP contribution in [0.5, 0.6) is 0 Å². The summed E-state index contributed by atoms with van der Waals surface area (Å²) in [6, 6.07) is 5.27. The number of hydrogen-bond acceptors (Lipinski definition) is 1. The lowest BCUT2D eigenvalue weighted by atomic mass is 10.2. The molecule has 2 aromatic rings. The minimum Gasteiger partial charge on any atom is -0.366 e. The van der Waals surface area contributed by atoms with Gasteiger partial charge < -0.3 is 10.1 Å². The lowest BCUT2D eigenvalue weighted by Gasteiger charge is -1.98. The summed E-state index contributed by atoms with van der Waals surface area (Å²) in [5.74, 6) is 2.12. The minimum atomic E-state index is -0.442. The van der Waals surface area contributed by atoms with E-state index in [1.165, 1.54) is 0 Å². The molecule has 0 aliphatic carbocycles. The molecule has 0 bridgehead atoms. The number of rotatable bonds is 1. The van der Waals surface area contributed by atoms with Crippen LogP contribution in [0.1, 0.15) is 15.9 Å². The molecule has 2 heterocycles. The number of terminal acetylenes is 1. The molecule has 2 rings (SSSR count). The van der Waals surface area contributed by atoms with Crippen molar-refractivity contribution in [3.63, 3.8) is 0 Å². The molecule has 0 aromatic carbocycles. The van der Waals surface area contributed by atoms with E-state index in [1.807, 2.05) is 6.07 Å². The third-order valence-electron chi connectivity index (χ3n) is 2.09. The van der Waals surface area contributed by atoms with Crippen LogP contribution < -0.4 is 5.73 Å². The molecule has 1 amide bonds. The first-order chi connectivity index (χ1) is 6.72. The van der Waals surface area contributed by atoms with Crippen LogP contribution in [0.15, 0.2) is 30.6 Å². The smallest absolute Gasteiger partial charge is 0.250 e. The lowest BCUT2D eigenvalue weighted by Crippen LogP contribution is -2.11. The maximum absolute atomic E-state index is 10.9. The van der Waals surface area contributed by atoms with Gasteiger partial charge in [0.2, 0.25) is 5.91 Å². The molecular formula is C11H8N2O. The van der Waals surface area contributed by atoms with Gasteiger partial charge in [-0.05, 0) is 18.2 Å². The highest BCUT2D eigenvalue weighted by Gasteiger charge is 2.03. The second-order valence-corrected chi connectivity index (χ2v) is 2.95. The number of pyridine rings is 1. The summed E-state index contributed by atoms with van der Waals surface area (Å²) in [5, 5.41) is 0. The van der Waals surface area contributed by atoms with Gasteiger partial charge in [-0.1, -0.05) is 5.92 Å². The van der Waals surface area contributed by atoms with Gasteiger partial charge in [-0.15, -0.1) is 6.42 Å². The quantitative estimate of drug-likeness (QED) is 0.661. The molecule has 2 aromatic heterocycles. The highest BCUT2D eigenvalue weighted by atomic mass is 16.1. The predicted molar refractivity (Wildman–Crippen MR) is 53.8 cm³/mol. The third-order valence-corrected chi connectivity index (χ3v) is 2.09. The van der Waals surface area contributed by atoms with Gasteiger partial charge in [-0.3, -0.25) is 4.79 Å². The van der Waals surface area contributed by atoms with Gasteiger partial charge in [0.1, 0.15) is 0 Å². The monoisotopic (exact) mass is 184 g/mol. The van der Waals surface area contributed by atoms with Crippen molar-refractivity contribution in [1.29, 1.82) is 0 Å². The Hall–Kier alpha value is -2.21. The first-order valence-electron chi connectivity index (χ1n) is 4.09. The number of carbonyl (C=O) groups is 1. The second kappa shape index (κ2) is 2.93. The van der Waals surface area contributed by atoms with Crippen LogP contribution in [0, 0.1) is 12.3 Å². The summed E-state index contributed by atoms with van der Waals surface area (Å²) in [7, 11) is 0. The molecule has 14 heavy (non-hydrogen) atoms. The zero-order valence-corrected chi connectivity index (χ0v) is 7.40. The molecule has 0 radical (unpaired) electrons. The zero-order chi connectivity index (χ0) is 10.1. The molecule has 2 N–H and O–H groups in total. The number of amides is 1. The maximum Gasteiger partial charge on any atom is 0.250 e. The van der Waals surface area contributed by atoms with Gasteiger partial charge in [-0.2, -0.15) is 0 Å². The third kappa shape index (κ3) is 1.14. The molecule has 3 heteroatoms. The van der Waals surface area contributed by atoms with Crippen molar-refractivity contribution in [3.8, 4) is 12.3 Å². The van der Waals surface area contributed by atoms with E-state index < -0.39 is 5.91 Å². The highest BCUT2D eigenvalue weighted by Crippen LogP contribution is 2.12. The fraction of sp³-hybridized carbons (Fsp3) is 0. The molecule has 0 saturated heterocycles. The molecule has 0 aliphatic rings. The summed E-state index contributed by atoms with van der Waals surface area (Å²) in [4.78, 5) is 10.9. The molecule has 0 aliphatic heterocycles. The largest absolute Gasteiger partial charge is 0.366 e. The Balaban J connectivity index is 2.70. The van der Waals surface area contributed by atoms with Gasteiger partial charge in [0.25, 0.3) is 0 Å². The van der Waals surface area contributed by atoms with Crippen LogP contribution in [0.2, 0.25) is 0 Å². The summed E-state index contributed by atoms with van der Waals surface area (Å²) >= 11 is 0. The van der Waals surface area contributed by atoms with Crippen molar-refractivity contribution >= 4 is 11.4 Å². The molecule has 0 atom stereocenters. The van der Waals surface area contributed by atoms with Crippen molar-refractivity contribution < 1.29 is 4.79 Å². The van der Waals surface area contributed by atoms with Crippen molar-refractivity contribution in [2.24, 2.45) is 5.73 Å². The Labute approximate surface area is 81.1 Å². The van der Waals surface area contributed by atoms with E-state index in [2.05, 4.69) is 5.92 Å². The average molecular weight is 184 g/mol. The van der Waals surface area contributed by atoms with E-state index in [0.717, 1.165) is 11.1 Å². The SMILES string of the molecule is C#Cc1ccn2cc(C(N)=O)ccc12. The van der Waals surface area contributed by atoms with Crippen LogP contribution in [-0.2, 0) is 0 Å². The van der Waals surface area contributed by atoms with E-state index in [9.17, 15) is 4.79 Å². The number of aromatic nitrogens is 1. The number of primary amides is 1. The summed E-state index contributed by atoms with van der Waals surface area (Å²) in [6.45, 7) is 0. The van der Waals surface area contributed by atoms with E-state index in [-0.39, 0.29) is 0 Å². The van der Waals surface area contributed by atoms with E-state index >= 15 is 0 Å². The zero-order valence-electron chi connectivity index (χ0n) is 7.40. The maximum atomic E-state index is 10.9. The van der Waals surface area contributed by atoms with Gasteiger partial charge in [0.15, 0.2) is 0 Å². The molecule has 0 unspecified atom stereocenters. The van der Waals surface area contributed by atoms with Crippen molar-refractivity contribution in [3.05, 3.63) is 41.7 Å². The van der Waals surface area contributed by atoms with E-state index in [1.54, 1.807) is 28.9 Å². The number of hydrogen-bond donors (Lipinski definition) is 1. The van der Waals surface area contributed by atoms with Crippen LogP contribution in [0.4, 0.5) is 0 Å². The summed E-state index contributed by atoms with van der Waals surface area (Å²) in [5.41, 5.74) is 7.33. The van der Waals surface area contributed by atoms with Crippen molar-refractivity contribution in [2.45, 2.75) is 0 Å². The molecule has 0 spiro atoms. The number of carbonyl (C=O) groups excluding carboxylic acids is 1. The normalized spacial score (nSPS) is 9.93. The fourth-order valence-corrected chi connectivity index (χ4v) is 1.38. The molecule has 0 fully saturated rings. The standard InChI is InChI=1S/C11H8N2O/c1-2-8-5-6-13-7-9(11(12)14)3-4-10(8)13/h1,3-7H,(H2,12,14). The van der Waals surface area contributed by atoms with Crippen LogP contribution in [-0.4, -0.2) is 10.3 Å². The Kier molecular flexibility index (Phi) is 1.76. The molecule has 3 nitrogen and oxygen atoms in total. The predicted octanol–water partition coefficient (Wildman–Crippen LogP) is 1.02. The van der Waals surface area contributed by atoms with Crippen LogP contribution >= 0.6 is 0 Å². The van der Waals surface area contributed by atoms with Crippen molar-refractivity contribution in [1.82, 2.24) is 4.40 Å². The second-order valence-electron chi connectivity index (χ2n) is 2.95. The van der Waals surface area contributed by atoms with E-state index in [0.29, 0.717) is 5.56 Å². The minimum absolute atomic E-state index is 0.442. The number of fused-ring (bicyclic) bond motifs is 1.